The van der Waals surface area contributed by atoms with Gasteiger partial charge in [0.2, 0.25) is 5.91 Å². The third kappa shape index (κ3) is 2.56. The van der Waals surface area contributed by atoms with Crippen molar-refractivity contribution in [2.24, 2.45) is 5.92 Å². The molecule has 1 N–H and O–H groups in total. The minimum atomic E-state index is 0.0476. The van der Waals surface area contributed by atoms with Crippen LogP contribution in [-0.2, 0) is 9.53 Å². The predicted octanol–water partition coefficient (Wildman–Crippen LogP) is 2.82. The molecule has 5 rings (SSSR count). The smallest absolute Gasteiger partial charge is 0.229 e. The van der Waals surface area contributed by atoms with Crippen molar-refractivity contribution in [3.05, 3.63) is 42.6 Å². The molecule has 0 aliphatic carbocycles. The monoisotopic (exact) mass is 378 g/mol. The molecule has 2 aliphatic rings. The summed E-state index contributed by atoms with van der Waals surface area (Å²) in [7, 11) is 0. The summed E-state index contributed by atoms with van der Waals surface area (Å²) in [5, 5.41) is 8.00. The molecule has 0 aromatic carbocycles. The molecule has 8 nitrogen and oxygen atoms in total. The van der Waals surface area contributed by atoms with Crippen LogP contribution in [0.5, 0.6) is 0 Å². The number of pyridine rings is 1. The number of nitrogens with zero attached hydrogens (tertiary/aromatic N) is 5. The second-order valence-corrected chi connectivity index (χ2v) is 7.33. The number of fused-ring (bicyclic) bond motifs is 1. The summed E-state index contributed by atoms with van der Waals surface area (Å²) in [5.74, 6) is 1.86. The summed E-state index contributed by atoms with van der Waals surface area (Å²) >= 11 is 0. The van der Waals surface area contributed by atoms with Gasteiger partial charge in [-0.2, -0.15) is 5.10 Å². The molecule has 3 aromatic heterocycles. The van der Waals surface area contributed by atoms with Gasteiger partial charge in [-0.3, -0.25) is 14.5 Å². The topological polar surface area (TPSA) is 79.3 Å². The van der Waals surface area contributed by atoms with E-state index in [2.05, 4.69) is 15.1 Å². The van der Waals surface area contributed by atoms with Crippen LogP contribution in [0.1, 0.15) is 20.3 Å². The highest BCUT2D eigenvalue weighted by Crippen LogP contribution is 2.36. The predicted molar refractivity (Wildman–Crippen MR) is 106 cm³/mol. The second-order valence-electron chi connectivity index (χ2n) is 7.33. The van der Waals surface area contributed by atoms with E-state index in [-0.39, 0.29) is 11.8 Å². The van der Waals surface area contributed by atoms with E-state index in [4.69, 9.17) is 9.72 Å². The Morgan fingerprint density at radius 2 is 2.14 bits per heavy atom. The summed E-state index contributed by atoms with van der Waals surface area (Å²) in [6.45, 7) is 6.04. The van der Waals surface area contributed by atoms with Gasteiger partial charge < -0.3 is 14.5 Å². The van der Waals surface area contributed by atoms with E-state index in [1.165, 1.54) is 0 Å². The molecule has 1 saturated heterocycles. The van der Waals surface area contributed by atoms with Crippen LogP contribution >= 0.6 is 0 Å². The number of amides is 1. The molecule has 1 fully saturated rings. The van der Waals surface area contributed by atoms with E-state index in [0.29, 0.717) is 6.61 Å². The summed E-state index contributed by atoms with van der Waals surface area (Å²) in [6.07, 6.45) is 6.30. The molecule has 2 aliphatic heterocycles. The first-order valence-corrected chi connectivity index (χ1v) is 9.52. The number of anilines is 2. The zero-order valence-electron chi connectivity index (χ0n) is 15.9. The minimum Gasteiger partial charge on any atom is -0.498 e. The number of ether oxygens (including phenoxy) is 1. The number of aromatic nitrogens is 4. The van der Waals surface area contributed by atoms with Crippen molar-refractivity contribution < 1.29 is 9.53 Å². The summed E-state index contributed by atoms with van der Waals surface area (Å²) in [5.41, 5.74) is 2.69. The van der Waals surface area contributed by atoms with Gasteiger partial charge in [0, 0.05) is 36.2 Å². The van der Waals surface area contributed by atoms with Gasteiger partial charge in [-0.15, -0.1) is 0 Å². The van der Waals surface area contributed by atoms with Gasteiger partial charge >= 0.3 is 0 Å². The van der Waals surface area contributed by atoms with Crippen LogP contribution in [0.25, 0.3) is 16.9 Å². The zero-order chi connectivity index (χ0) is 19.3. The van der Waals surface area contributed by atoms with E-state index in [1.54, 1.807) is 12.5 Å². The maximum absolute atomic E-state index is 12.8. The van der Waals surface area contributed by atoms with Gasteiger partial charge in [0.25, 0.3) is 0 Å². The van der Waals surface area contributed by atoms with E-state index in [9.17, 15) is 4.79 Å². The average molecular weight is 378 g/mol. The highest BCUT2D eigenvalue weighted by atomic mass is 16.5. The second kappa shape index (κ2) is 6.40. The normalized spacial score (nSPS) is 20.0. The largest absolute Gasteiger partial charge is 0.498 e. The lowest BCUT2D eigenvalue weighted by Crippen LogP contribution is -2.31. The number of rotatable bonds is 3. The first-order valence-electron chi connectivity index (χ1n) is 9.52. The Hall–Kier alpha value is -3.29. The van der Waals surface area contributed by atoms with Crippen LogP contribution in [0.2, 0.25) is 0 Å². The van der Waals surface area contributed by atoms with Gasteiger partial charge in [-0.1, -0.05) is 6.92 Å². The maximum Gasteiger partial charge on any atom is 0.229 e. The van der Waals surface area contributed by atoms with Gasteiger partial charge in [0.1, 0.15) is 30.2 Å². The lowest BCUT2D eigenvalue weighted by atomic mass is 10.1. The van der Waals surface area contributed by atoms with Crippen molar-refractivity contribution in [3.8, 4) is 5.82 Å². The fourth-order valence-corrected chi connectivity index (χ4v) is 3.94. The molecule has 0 radical (unpaired) electrons. The molecular weight excluding hydrogens is 356 g/mol. The number of carbonyl (C=O) groups is 1. The lowest BCUT2D eigenvalue weighted by molar-refractivity contribution is -0.119. The Morgan fingerprint density at radius 3 is 2.86 bits per heavy atom. The van der Waals surface area contributed by atoms with Crippen LogP contribution in [-0.4, -0.2) is 45.4 Å². The van der Waals surface area contributed by atoms with Crippen molar-refractivity contribution in [2.45, 2.75) is 20.3 Å². The SMILES string of the molecule is CC1=COCCN1c1cc(N2CCC(C)C2=O)c2ccn(-c3ccn[nH]3)c2n1. The first kappa shape index (κ1) is 16.9. The minimum absolute atomic E-state index is 0.0476. The van der Waals surface area contributed by atoms with Gasteiger partial charge in [0.05, 0.1) is 24.1 Å². The third-order valence-corrected chi connectivity index (χ3v) is 5.52. The van der Waals surface area contributed by atoms with Gasteiger partial charge in [-0.25, -0.2) is 4.98 Å². The van der Waals surface area contributed by atoms with Crippen molar-refractivity contribution in [1.29, 1.82) is 0 Å². The standard InChI is InChI=1S/C20H22N6O2/c1-13-4-7-25(20(13)27)16-11-18(24-9-10-28-12-14(24)2)22-19-15(16)5-8-26(19)17-3-6-21-23-17/h3,5-6,8,11-13H,4,7,9-10H2,1-2H3,(H,21,23). The summed E-state index contributed by atoms with van der Waals surface area (Å²) in [4.78, 5) is 21.7. The number of hydrogen-bond donors (Lipinski definition) is 1. The van der Waals surface area contributed by atoms with Gasteiger partial charge in [-0.05, 0) is 19.4 Å². The molecule has 0 bridgehead atoms. The molecule has 1 amide bonds. The number of H-pyrrole nitrogens is 1. The molecule has 3 aromatic rings. The van der Waals surface area contributed by atoms with Crippen LogP contribution < -0.4 is 9.80 Å². The molecule has 0 saturated carbocycles. The summed E-state index contributed by atoms with van der Waals surface area (Å²) in [6, 6.07) is 5.94. The molecule has 1 unspecified atom stereocenters. The first-order chi connectivity index (χ1) is 13.6. The fraction of sp³-hybridized carbons (Fsp3) is 0.350. The lowest BCUT2D eigenvalue weighted by Gasteiger charge is -2.29. The van der Waals surface area contributed by atoms with Gasteiger partial charge in [0.15, 0.2) is 0 Å². The molecule has 28 heavy (non-hydrogen) atoms. The van der Waals surface area contributed by atoms with E-state index < -0.39 is 0 Å². The summed E-state index contributed by atoms with van der Waals surface area (Å²) < 4.78 is 7.41. The quantitative estimate of drug-likeness (QED) is 0.758. The molecule has 1 atom stereocenters. The molecule has 8 heteroatoms. The van der Waals surface area contributed by atoms with Crippen molar-refractivity contribution in [2.75, 3.05) is 29.5 Å². The van der Waals surface area contributed by atoms with E-state index in [0.717, 1.165) is 53.6 Å². The fourth-order valence-electron chi connectivity index (χ4n) is 3.94. The Morgan fingerprint density at radius 1 is 1.25 bits per heavy atom. The Kier molecular flexibility index (Phi) is 3.85. The Labute approximate surface area is 162 Å². The number of nitrogens with one attached hydrogen (secondary N) is 1. The highest BCUT2D eigenvalue weighted by Gasteiger charge is 2.31. The molecule has 5 heterocycles. The molecular formula is C20H22N6O2. The Bertz CT molecular complexity index is 1070. The maximum atomic E-state index is 12.8. The average Bonchev–Trinajstić information content (AvgIpc) is 3.43. The Balaban J connectivity index is 1.72. The third-order valence-electron chi connectivity index (χ3n) is 5.52. The number of hydrogen-bond acceptors (Lipinski definition) is 5. The number of aromatic amines is 1. The number of allylic oxidation sites excluding steroid dienone is 1. The van der Waals surface area contributed by atoms with E-state index >= 15 is 0 Å². The molecule has 0 spiro atoms. The van der Waals surface area contributed by atoms with Crippen LogP contribution in [0.4, 0.5) is 11.5 Å². The van der Waals surface area contributed by atoms with E-state index in [1.807, 2.05) is 47.7 Å². The van der Waals surface area contributed by atoms with Crippen LogP contribution in [0, 0.1) is 5.92 Å². The van der Waals surface area contributed by atoms with Crippen molar-refractivity contribution in [3.63, 3.8) is 0 Å². The van der Waals surface area contributed by atoms with Crippen molar-refractivity contribution in [1.82, 2.24) is 19.7 Å². The number of carbonyl (C=O) groups excluding carboxylic acids is 1. The van der Waals surface area contributed by atoms with Crippen LogP contribution in [0.3, 0.4) is 0 Å². The molecule has 144 valence electrons. The highest BCUT2D eigenvalue weighted by molar-refractivity contribution is 6.05. The zero-order valence-corrected chi connectivity index (χ0v) is 15.9. The van der Waals surface area contributed by atoms with Crippen LogP contribution in [0.15, 0.2) is 42.6 Å². The van der Waals surface area contributed by atoms with Crippen molar-refractivity contribution >= 4 is 28.4 Å².